The second kappa shape index (κ2) is 4.29. The van der Waals surface area contributed by atoms with E-state index < -0.39 is 9.84 Å². The standard InChI is InChI=1S/C9H17NO3S/c1-3-8(2)10(7-11)9-4-5-14(12,13)6-9/h7-9H,3-6H2,1-2H3/t8-,9-/m1/s1. The van der Waals surface area contributed by atoms with Gasteiger partial charge in [-0.3, -0.25) is 4.79 Å². The van der Waals surface area contributed by atoms with E-state index in [0.717, 1.165) is 12.8 Å². The number of carbonyl (C=O) groups excluding carboxylic acids is 1. The monoisotopic (exact) mass is 219 g/mol. The number of rotatable bonds is 4. The second-order valence-electron chi connectivity index (χ2n) is 3.87. The molecule has 0 spiro atoms. The lowest BCUT2D eigenvalue weighted by molar-refractivity contribution is -0.121. The van der Waals surface area contributed by atoms with Crippen molar-refractivity contribution in [1.29, 1.82) is 0 Å². The molecule has 0 aromatic carbocycles. The van der Waals surface area contributed by atoms with Gasteiger partial charge in [-0.05, 0) is 19.8 Å². The molecule has 0 unspecified atom stereocenters. The van der Waals surface area contributed by atoms with Gasteiger partial charge in [-0.25, -0.2) is 8.42 Å². The SMILES string of the molecule is CC[C@@H](C)N(C=O)[C@@H]1CCS(=O)(=O)C1. The first-order valence-corrected chi connectivity index (χ1v) is 6.75. The van der Waals surface area contributed by atoms with E-state index in [0.29, 0.717) is 6.42 Å². The Morgan fingerprint density at radius 1 is 1.57 bits per heavy atom. The van der Waals surface area contributed by atoms with Gasteiger partial charge in [-0.2, -0.15) is 0 Å². The minimum Gasteiger partial charge on any atom is -0.339 e. The van der Waals surface area contributed by atoms with Crippen LogP contribution in [0.4, 0.5) is 0 Å². The lowest BCUT2D eigenvalue weighted by Crippen LogP contribution is -2.41. The fourth-order valence-corrected chi connectivity index (χ4v) is 3.49. The summed E-state index contributed by atoms with van der Waals surface area (Å²) in [4.78, 5) is 12.5. The van der Waals surface area contributed by atoms with Crippen molar-refractivity contribution in [3.63, 3.8) is 0 Å². The van der Waals surface area contributed by atoms with Crippen molar-refractivity contribution >= 4 is 16.2 Å². The van der Waals surface area contributed by atoms with Crippen molar-refractivity contribution in [1.82, 2.24) is 4.90 Å². The normalized spacial score (nSPS) is 27.1. The summed E-state index contributed by atoms with van der Waals surface area (Å²) in [5, 5.41) is 0. The molecule has 0 bridgehead atoms. The van der Waals surface area contributed by atoms with E-state index >= 15 is 0 Å². The summed E-state index contributed by atoms with van der Waals surface area (Å²) in [7, 11) is -2.89. The zero-order chi connectivity index (χ0) is 10.8. The van der Waals surface area contributed by atoms with Crippen molar-refractivity contribution in [3.05, 3.63) is 0 Å². The van der Waals surface area contributed by atoms with Gasteiger partial charge in [-0.15, -0.1) is 0 Å². The molecule has 0 aliphatic carbocycles. The number of sulfone groups is 1. The van der Waals surface area contributed by atoms with Gasteiger partial charge in [0, 0.05) is 12.1 Å². The molecule has 1 saturated heterocycles. The molecule has 0 radical (unpaired) electrons. The van der Waals surface area contributed by atoms with E-state index in [4.69, 9.17) is 0 Å². The van der Waals surface area contributed by atoms with Crippen molar-refractivity contribution in [2.45, 2.75) is 38.8 Å². The number of hydrogen-bond donors (Lipinski definition) is 0. The van der Waals surface area contributed by atoms with Gasteiger partial charge in [0.05, 0.1) is 11.5 Å². The van der Waals surface area contributed by atoms with Gasteiger partial charge in [0.2, 0.25) is 6.41 Å². The molecule has 1 aliphatic heterocycles. The molecule has 0 saturated carbocycles. The number of nitrogens with zero attached hydrogens (tertiary/aromatic N) is 1. The first-order chi connectivity index (χ1) is 6.50. The molecule has 2 atom stereocenters. The largest absolute Gasteiger partial charge is 0.339 e. The molecule has 0 aromatic rings. The molecule has 4 nitrogen and oxygen atoms in total. The fraction of sp³-hybridized carbons (Fsp3) is 0.889. The molecular weight excluding hydrogens is 202 g/mol. The van der Waals surface area contributed by atoms with Crippen molar-refractivity contribution < 1.29 is 13.2 Å². The predicted octanol–water partition coefficient (Wildman–Crippen LogP) is 0.430. The third-order valence-corrected chi connectivity index (χ3v) is 4.60. The Morgan fingerprint density at radius 2 is 2.21 bits per heavy atom. The van der Waals surface area contributed by atoms with Crippen LogP contribution in [0.5, 0.6) is 0 Å². The van der Waals surface area contributed by atoms with Crippen LogP contribution < -0.4 is 0 Å². The highest BCUT2D eigenvalue weighted by atomic mass is 32.2. The third kappa shape index (κ3) is 2.47. The van der Waals surface area contributed by atoms with Crippen LogP contribution in [-0.2, 0) is 14.6 Å². The van der Waals surface area contributed by atoms with Crippen LogP contribution in [0.3, 0.4) is 0 Å². The molecule has 1 fully saturated rings. The van der Waals surface area contributed by atoms with Crippen LogP contribution in [0.15, 0.2) is 0 Å². The summed E-state index contributed by atoms with van der Waals surface area (Å²) in [6.45, 7) is 3.93. The molecule has 1 heterocycles. The summed E-state index contributed by atoms with van der Waals surface area (Å²) in [6.07, 6.45) is 2.22. The minimum absolute atomic E-state index is 0.104. The highest BCUT2D eigenvalue weighted by Gasteiger charge is 2.33. The summed E-state index contributed by atoms with van der Waals surface area (Å²) in [6, 6.07) is 0.0262. The zero-order valence-corrected chi connectivity index (χ0v) is 9.46. The van der Waals surface area contributed by atoms with Gasteiger partial charge in [0.15, 0.2) is 9.84 Å². The van der Waals surface area contributed by atoms with E-state index in [2.05, 4.69) is 0 Å². The Hall–Kier alpha value is -0.580. The lowest BCUT2D eigenvalue weighted by atomic mass is 10.1. The maximum absolute atomic E-state index is 11.2. The van der Waals surface area contributed by atoms with Crippen LogP contribution in [0.2, 0.25) is 0 Å². The average Bonchev–Trinajstić information content (AvgIpc) is 2.47. The summed E-state index contributed by atoms with van der Waals surface area (Å²) < 4.78 is 22.5. The Labute approximate surface area is 85.2 Å². The number of carbonyl (C=O) groups is 1. The van der Waals surface area contributed by atoms with Gasteiger partial charge >= 0.3 is 0 Å². The number of amides is 1. The van der Waals surface area contributed by atoms with Gasteiger partial charge in [0.1, 0.15) is 0 Å². The Kier molecular flexibility index (Phi) is 3.53. The Bertz CT molecular complexity index is 299. The highest BCUT2D eigenvalue weighted by Crippen LogP contribution is 2.19. The van der Waals surface area contributed by atoms with Gasteiger partial charge < -0.3 is 4.90 Å². The highest BCUT2D eigenvalue weighted by molar-refractivity contribution is 7.91. The summed E-state index contributed by atoms with van der Waals surface area (Å²) in [5.41, 5.74) is 0. The molecule has 1 aliphatic rings. The molecule has 1 amide bonds. The van der Waals surface area contributed by atoms with Crippen LogP contribution in [0.1, 0.15) is 26.7 Å². The van der Waals surface area contributed by atoms with Crippen molar-refractivity contribution in [3.8, 4) is 0 Å². The zero-order valence-electron chi connectivity index (χ0n) is 8.64. The second-order valence-corrected chi connectivity index (χ2v) is 6.10. The first-order valence-electron chi connectivity index (χ1n) is 4.93. The third-order valence-electron chi connectivity index (χ3n) is 2.85. The maximum atomic E-state index is 11.2. The summed E-state index contributed by atoms with van der Waals surface area (Å²) in [5.74, 6) is 0.356. The van der Waals surface area contributed by atoms with Crippen molar-refractivity contribution in [2.24, 2.45) is 0 Å². The predicted molar refractivity (Wildman–Crippen MR) is 54.7 cm³/mol. The van der Waals surface area contributed by atoms with Gasteiger partial charge in [0.25, 0.3) is 0 Å². The number of hydrogen-bond acceptors (Lipinski definition) is 3. The smallest absolute Gasteiger partial charge is 0.210 e. The molecule has 1 rings (SSSR count). The van der Waals surface area contributed by atoms with Gasteiger partial charge in [-0.1, -0.05) is 6.92 Å². The maximum Gasteiger partial charge on any atom is 0.210 e. The van der Waals surface area contributed by atoms with E-state index in [9.17, 15) is 13.2 Å². The van der Waals surface area contributed by atoms with E-state index in [1.54, 1.807) is 4.90 Å². The molecule has 0 N–H and O–H groups in total. The van der Waals surface area contributed by atoms with Crippen LogP contribution in [0, 0.1) is 0 Å². The van der Waals surface area contributed by atoms with E-state index in [1.807, 2.05) is 13.8 Å². The van der Waals surface area contributed by atoms with Crippen molar-refractivity contribution in [2.75, 3.05) is 11.5 Å². The minimum atomic E-state index is -2.89. The first kappa shape index (κ1) is 11.5. The average molecular weight is 219 g/mol. The molecular formula is C9H17NO3S. The molecule has 0 aromatic heterocycles. The summed E-state index contributed by atoms with van der Waals surface area (Å²) >= 11 is 0. The Balaban J connectivity index is 2.68. The van der Waals surface area contributed by atoms with E-state index in [-0.39, 0.29) is 23.6 Å². The molecule has 5 heteroatoms. The molecule has 14 heavy (non-hydrogen) atoms. The fourth-order valence-electron chi connectivity index (χ4n) is 1.77. The van der Waals surface area contributed by atoms with Crippen LogP contribution in [-0.4, -0.2) is 43.3 Å². The Morgan fingerprint density at radius 3 is 2.57 bits per heavy atom. The van der Waals surface area contributed by atoms with E-state index in [1.165, 1.54) is 0 Å². The van der Waals surface area contributed by atoms with Crippen LogP contribution >= 0.6 is 0 Å². The topological polar surface area (TPSA) is 54.5 Å². The quantitative estimate of drug-likeness (QED) is 0.644. The lowest BCUT2D eigenvalue weighted by Gasteiger charge is -2.29. The van der Waals surface area contributed by atoms with Crippen LogP contribution in [0.25, 0.3) is 0 Å². The molecule has 82 valence electrons.